The summed E-state index contributed by atoms with van der Waals surface area (Å²) in [7, 11) is 0. The van der Waals surface area contributed by atoms with Crippen LogP contribution in [0.3, 0.4) is 0 Å². The summed E-state index contributed by atoms with van der Waals surface area (Å²) in [6, 6.07) is 0. The molecular weight excluding hydrogens is 844 g/mol. The molecule has 0 fully saturated rings. The Balaban J connectivity index is 0. The van der Waals surface area contributed by atoms with Crippen LogP contribution in [0.5, 0.6) is 0 Å². The monoisotopic (exact) mass is 844 g/mol. The molecule has 0 aliphatic heterocycles. The van der Waals surface area contributed by atoms with E-state index in [1.165, 1.54) is 0 Å². The molecule has 0 heterocycles. The van der Waals surface area contributed by atoms with E-state index in [1.807, 2.05) is 0 Å². The fourth-order valence-corrected chi connectivity index (χ4v) is 0. The molecule has 0 aliphatic carbocycles. The Morgan fingerprint density at radius 3 is 0.333 bits per heavy atom. The maximum Gasteiger partial charge on any atom is 0 e. The molecule has 0 saturated heterocycles. The van der Waals surface area contributed by atoms with E-state index < -0.39 is 0 Å². The first kappa shape index (κ1) is 56.6. The van der Waals surface area contributed by atoms with Crippen LogP contribution < -0.4 is 0 Å². The quantitative estimate of drug-likeness (QED) is 0.323. The molecule has 0 atom stereocenters. The Bertz CT molecular complexity index is 5.51. The molecule has 0 spiro atoms. The van der Waals surface area contributed by atoms with Crippen LogP contribution in [0.4, 0.5) is 0 Å². The molecule has 0 unspecified atom stereocenters. The van der Waals surface area contributed by atoms with E-state index in [2.05, 4.69) is 0 Å². The molecule has 0 rings (SSSR count). The van der Waals surface area contributed by atoms with Crippen molar-refractivity contribution >= 4 is 27.0 Å². The zero-order valence-electron chi connectivity index (χ0n) is 2.08. The first-order valence-corrected chi connectivity index (χ1v) is 0. The van der Waals surface area contributed by atoms with E-state index in [9.17, 15) is 0 Å². The molecule has 0 aromatic rings. The third-order valence-electron chi connectivity index (χ3n) is 0. The Morgan fingerprint density at radius 1 is 0.333 bits per heavy atom. The van der Waals surface area contributed by atoms with Crippen LogP contribution in [0.15, 0.2) is 0 Å². The molecule has 0 aromatic heterocycles. The van der Waals surface area contributed by atoms with Crippen molar-refractivity contribution in [3.63, 3.8) is 0 Å². The summed E-state index contributed by atoms with van der Waals surface area (Å²) in [5.74, 6) is 0. The molecule has 6 heteroatoms. The van der Waals surface area contributed by atoms with Crippen molar-refractivity contribution in [3.8, 4) is 0 Å². The van der Waals surface area contributed by atoms with Gasteiger partial charge >= 0.3 is 0 Å². The van der Waals surface area contributed by atoms with Gasteiger partial charge in [0.25, 0.3) is 0 Å². The van der Waals surface area contributed by atoms with Gasteiger partial charge in [-0.3, -0.25) is 0 Å². The van der Waals surface area contributed by atoms with Crippen molar-refractivity contribution < 1.29 is 84.3 Å². The summed E-state index contributed by atoms with van der Waals surface area (Å²) < 4.78 is 0. The average Bonchev–Trinajstić information content (AvgIpc) is 0. The van der Waals surface area contributed by atoms with E-state index in [4.69, 9.17) is 0 Å². The first-order chi connectivity index (χ1) is 0. The van der Waals surface area contributed by atoms with Gasteiger partial charge in [-0.2, -0.15) is 0 Å². The zero-order chi connectivity index (χ0) is 0. The van der Waals surface area contributed by atoms with Gasteiger partial charge in [0.15, 0.2) is 0 Å². The largest absolute Gasteiger partial charge is 2.00 e. The zero-order valence-corrected chi connectivity index (χ0v) is 12.8. The maximum atomic E-state index is 0. The van der Waals surface area contributed by atoms with Crippen LogP contribution in [0.25, 0.3) is 0 Å². The molecule has 0 N–H and O–H groups in total. The maximum absolute atomic E-state index is 0. The van der Waals surface area contributed by atoms with Crippen LogP contribution in [0.2, 0.25) is 0 Å². The van der Waals surface area contributed by atoms with Crippen molar-refractivity contribution in [2.24, 2.45) is 0 Å². The summed E-state index contributed by atoms with van der Waals surface area (Å²) in [4.78, 5) is 0. The van der Waals surface area contributed by atoms with Gasteiger partial charge in [-0.15, -0.1) is 0 Å². The second-order valence-corrected chi connectivity index (χ2v) is 0. The van der Waals surface area contributed by atoms with Gasteiger partial charge < -0.3 is 27.0 Å². The summed E-state index contributed by atoms with van der Waals surface area (Å²) in [5.41, 5.74) is 0. The Hall–Kier alpha value is 3.45. The van der Waals surface area contributed by atoms with Crippen LogP contribution in [0.1, 0.15) is 0 Å². The Labute approximate surface area is 109 Å². The SMILES string of the molecule is [Pt].[Pt].[Pt].[Pt].[S-2].[S-2]. The predicted molar refractivity (Wildman–Crippen MR) is 14.7 cm³/mol. The summed E-state index contributed by atoms with van der Waals surface area (Å²) in [6.45, 7) is 0. The van der Waals surface area contributed by atoms with Crippen LogP contribution in [-0.2, 0) is 111 Å². The molecule has 0 bridgehead atoms. The van der Waals surface area contributed by atoms with Crippen LogP contribution >= 0.6 is 0 Å². The minimum absolute atomic E-state index is 0. The summed E-state index contributed by atoms with van der Waals surface area (Å²) >= 11 is 0. The Morgan fingerprint density at radius 2 is 0.333 bits per heavy atom. The minimum Gasteiger partial charge on any atom is -2.00 e. The third-order valence-corrected chi connectivity index (χ3v) is 0. The van der Waals surface area contributed by atoms with Crippen molar-refractivity contribution in [1.29, 1.82) is 0 Å². The van der Waals surface area contributed by atoms with Crippen LogP contribution in [0, 0.1) is 0 Å². The van der Waals surface area contributed by atoms with Crippen molar-refractivity contribution in [2.75, 3.05) is 0 Å². The molecule has 0 aliphatic rings. The molecule has 0 saturated carbocycles. The summed E-state index contributed by atoms with van der Waals surface area (Å²) in [5, 5.41) is 0. The van der Waals surface area contributed by atoms with Gasteiger partial charge in [0, 0.05) is 84.3 Å². The number of hydrogen-bond acceptors (Lipinski definition) is 0. The molecule has 0 nitrogen and oxygen atoms in total. The van der Waals surface area contributed by atoms with Gasteiger partial charge in [0.2, 0.25) is 0 Å². The summed E-state index contributed by atoms with van der Waals surface area (Å²) in [6.07, 6.45) is 0. The molecule has 0 radical (unpaired) electrons. The van der Waals surface area contributed by atoms with E-state index in [0.29, 0.717) is 0 Å². The van der Waals surface area contributed by atoms with Crippen molar-refractivity contribution in [3.05, 3.63) is 0 Å². The molecule has 56 valence electrons. The molecule has 0 amide bonds. The molecule has 6 heavy (non-hydrogen) atoms. The number of rotatable bonds is 0. The normalized spacial score (nSPS) is 0. The second-order valence-electron chi connectivity index (χ2n) is 0. The van der Waals surface area contributed by atoms with E-state index in [0.717, 1.165) is 0 Å². The third kappa shape index (κ3) is 26.0. The predicted octanol–water partition coefficient (Wildman–Crippen LogP) is -0.0148. The van der Waals surface area contributed by atoms with E-state index in [-0.39, 0.29) is 111 Å². The van der Waals surface area contributed by atoms with Crippen molar-refractivity contribution in [2.45, 2.75) is 0 Å². The molecular formula is Pt4S2-4. The van der Waals surface area contributed by atoms with Crippen LogP contribution in [-0.4, -0.2) is 0 Å². The van der Waals surface area contributed by atoms with E-state index in [1.54, 1.807) is 0 Å². The van der Waals surface area contributed by atoms with Gasteiger partial charge in [0.1, 0.15) is 0 Å². The second kappa shape index (κ2) is 39.4. The molecule has 0 aromatic carbocycles. The topological polar surface area (TPSA) is 0 Å². The van der Waals surface area contributed by atoms with Gasteiger partial charge in [-0.25, -0.2) is 0 Å². The van der Waals surface area contributed by atoms with E-state index >= 15 is 0 Å². The van der Waals surface area contributed by atoms with Gasteiger partial charge in [-0.05, 0) is 0 Å². The average molecular weight is 844 g/mol. The first-order valence-electron chi connectivity index (χ1n) is 0. The Kier molecular flexibility index (Phi) is 372. The minimum atomic E-state index is 0. The fraction of sp³-hybridized carbons (Fsp3) is 0. The van der Waals surface area contributed by atoms with Gasteiger partial charge in [0.05, 0.1) is 0 Å². The standard InChI is InChI=1S/4Pt.2S/q;;;;2*-2. The van der Waals surface area contributed by atoms with Gasteiger partial charge in [-0.1, -0.05) is 0 Å². The fourth-order valence-electron chi connectivity index (χ4n) is 0. The smallest absolute Gasteiger partial charge is 0 e. The number of hydrogen-bond donors (Lipinski definition) is 0. The van der Waals surface area contributed by atoms with Crippen molar-refractivity contribution in [1.82, 2.24) is 0 Å².